The molecular weight excluding hydrogens is 166 g/mol. The van der Waals surface area contributed by atoms with E-state index in [1.165, 1.54) is 25.3 Å². The van der Waals surface area contributed by atoms with Crippen molar-refractivity contribution in [3.05, 3.63) is 22.6 Å². The molecule has 0 bridgehead atoms. The third kappa shape index (κ3) is 2.57. The number of hydrogen-bond acceptors (Lipinski definition) is 3. The van der Waals surface area contributed by atoms with Gasteiger partial charge < -0.3 is 5.32 Å². The van der Waals surface area contributed by atoms with Crippen molar-refractivity contribution in [1.82, 2.24) is 10.2 Å². The summed E-state index contributed by atoms with van der Waals surface area (Å²) in [6.45, 7) is 0.940. The minimum absolute atomic E-state index is 0.156. The summed E-state index contributed by atoms with van der Waals surface area (Å²) in [7, 11) is 0. The number of nitrogens with one attached hydrogen (secondary N) is 2. The van der Waals surface area contributed by atoms with E-state index in [1.54, 1.807) is 6.20 Å². The van der Waals surface area contributed by atoms with E-state index in [9.17, 15) is 4.79 Å². The van der Waals surface area contributed by atoms with Gasteiger partial charge in [0, 0.05) is 12.6 Å². The molecule has 4 heteroatoms. The van der Waals surface area contributed by atoms with E-state index in [0.29, 0.717) is 0 Å². The number of aromatic nitrogens is 2. The van der Waals surface area contributed by atoms with Crippen LogP contribution in [0.3, 0.4) is 0 Å². The van der Waals surface area contributed by atoms with Gasteiger partial charge in [-0.1, -0.05) is 12.8 Å². The summed E-state index contributed by atoms with van der Waals surface area (Å²) in [6.07, 6.45) is 5.58. The van der Waals surface area contributed by atoms with E-state index < -0.39 is 0 Å². The zero-order chi connectivity index (χ0) is 9.10. The lowest BCUT2D eigenvalue weighted by Crippen LogP contribution is -2.10. The number of anilines is 1. The standard InChI is InChI=1S/C9H13N3O/c13-9-5-8(6-11-12-9)10-4-3-7-1-2-7/h5-7H,1-4H2,(H2,10,12,13). The van der Waals surface area contributed by atoms with E-state index >= 15 is 0 Å². The Bertz CT molecular complexity index is 330. The van der Waals surface area contributed by atoms with Crippen LogP contribution in [0.4, 0.5) is 5.69 Å². The Morgan fingerprint density at radius 3 is 3.15 bits per heavy atom. The predicted molar refractivity (Wildman–Crippen MR) is 50.7 cm³/mol. The summed E-state index contributed by atoms with van der Waals surface area (Å²) in [5, 5.41) is 9.21. The van der Waals surface area contributed by atoms with Gasteiger partial charge >= 0.3 is 0 Å². The highest BCUT2D eigenvalue weighted by atomic mass is 16.1. The van der Waals surface area contributed by atoms with Gasteiger partial charge in [0.15, 0.2) is 0 Å². The maximum absolute atomic E-state index is 10.8. The number of hydrogen-bond donors (Lipinski definition) is 2. The molecule has 1 aliphatic carbocycles. The van der Waals surface area contributed by atoms with Crippen LogP contribution >= 0.6 is 0 Å². The molecule has 0 saturated heterocycles. The Labute approximate surface area is 76.4 Å². The van der Waals surface area contributed by atoms with Crippen LogP contribution in [0.15, 0.2) is 17.1 Å². The molecule has 0 spiro atoms. The molecule has 1 aromatic rings. The first-order valence-electron chi connectivity index (χ1n) is 4.63. The minimum atomic E-state index is -0.156. The molecule has 2 rings (SSSR count). The third-order valence-corrected chi connectivity index (χ3v) is 2.24. The molecular formula is C9H13N3O. The smallest absolute Gasteiger partial charge is 0.266 e. The van der Waals surface area contributed by atoms with E-state index in [4.69, 9.17) is 0 Å². The second-order valence-electron chi connectivity index (χ2n) is 3.49. The molecule has 1 aliphatic rings. The highest BCUT2D eigenvalue weighted by molar-refractivity contribution is 5.38. The van der Waals surface area contributed by atoms with Gasteiger partial charge in [-0.25, -0.2) is 5.10 Å². The molecule has 1 saturated carbocycles. The van der Waals surface area contributed by atoms with Gasteiger partial charge in [-0.15, -0.1) is 0 Å². The van der Waals surface area contributed by atoms with Gasteiger partial charge in [-0.2, -0.15) is 5.10 Å². The monoisotopic (exact) mass is 179 g/mol. The summed E-state index contributed by atoms with van der Waals surface area (Å²) < 4.78 is 0. The highest BCUT2D eigenvalue weighted by Gasteiger charge is 2.19. The number of H-pyrrole nitrogens is 1. The van der Waals surface area contributed by atoms with E-state index in [2.05, 4.69) is 15.5 Å². The minimum Gasteiger partial charge on any atom is -0.384 e. The average Bonchev–Trinajstić information content (AvgIpc) is 2.88. The zero-order valence-electron chi connectivity index (χ0n) is 7.42. The fourth-order valence-corrected chi connectivity index (χ4v) is 1.30. The molecule has 0 unspecified atom stereocenters. The third-order valence-electron chi connectivity index (χ3n) is 2.24. The van der Waals surface area contributed by atoms with Gasteiger partial charge in [0.1, 0.15) is 0 Å². The van der Waals surface area contributed by atoms with Gasteiger partial charge in [-0.05, 0) is 12.3 Å². The maximum Gasteiger partial charge on any atom is 0.266 e. The Morgan fingerprint density at radius 1 is 1.62 bits per heavy atom. The van der Waals surface area contributed by atoms with Crippen molar-refractivity contribution in [3.63, 3.8) is 0 Å². The van der Waals surface area contributed by atoms with E-state index in [-0.39, 0.29) is 5.56 Å². The quantitative estimate of drug-likeness (QED) is 0.724. The van der Waals surface area contributed by atoms with E-state index in [0.717, 1.165) is 18.2 Å². The van der Waals surface area contributed by atoms with Crippen molar-refractivity contribution in [2.45, 2.75) is 19.3 Å². The summed E-state index contributed by atoms with van der Waals surface area (Å²) in [4.78, 5) is 10.8. The molecule has 1 fully saturated rings. The van der Waals surface area contributed by atoms with Crippen molar-refractivity contribution in [1.29, 1.82) is 0 Å². The molecule has 4 nitrogen and oxygen atoms in total. The summed E-state index contributed by atoms with van der Waals surface area (Å²) >= 11 is 0. The summed E-state index contributed by atoms with van der Waals surface area (Å²) in [5.74, 6) is 0.919. The first-order valence-corrected chi connectivity index (χ1v) is 4.63. The van der Waals surface area contributed by atoms with Crippen LogP contribution in [0.1, 0.15) is 19.3 Å². The number of rotatable bonds is 4. The van der Waals surface area contributed by atoms with Crippen molar-refractivity contribution >= 4 is 5.69 Å². The first-order chi connectivity index (χ1) is 6.34. The van der Waals surface area contributed by atoms with Gasteiger partial charge in [0.25, 0.3) is 5.56 Å². The molecule has 70 valence electrons. The van der Waals surface area contributed by atoms with Crippen LogP contribution in [-0.4, -0.2) is 16.7 Å². The maximum atomic E-state index is 10.8. The van der Waals surface area contributed by atoms with Crippen LogP contribution in [0.5, 0.6) is 0 Å². The number of aromatic amines is 1. The number of nitrogens with zero attached hydrogens (tertiary/aromatic N) is 1. The highest BCUT2D eigenvalue weighted by Crippen LogP contribution is 2.31. The van der Waals surface area contributed by atoms with Crippen molar-refractivity contribution in [2.75, 3.05) is 11.9 Å². The molecule has 1 aromatic heterocycles. The fraction of sp³-hybridized carbons (Fsp3) is 0.556. The normalized spacial score (nSPS) is 15.7. The van der Waals surface area contributed by atoms with Crippen LogP contribution in [-0.2, 0) is 0 Å². The molecule has 13 heavy (non-hydrogen) atoms. The Hall–Kier alpha value is -1.32. The lowest BCUT2D eigenvalue weighted by Gasteiger charge is -2.03. The van der Waals surface area contributed by atoms with Crippen LogP contribution in [0.2, 0.25) is 0 Å². The second kappa shape index (κ2) is 3.60. The van der Waals surface area contributed by atoms with Gasteiger partial charge in [0.05, 0.1) is 11.9 Å². The summed E-state index contributed by atoms with van der Waals surface area (Å²) in [5.41, 5.74) is 0.654. The fourth-order valence-electron chi connectivity index (χ4n) is 1.30. The SMILES string of the molecule is O=c1cc(NCCC2CC2)cn[nH]1. The first kappa shape index (κ1) is 8.29. The molecule has 0 atom stereocenters. The van der Waals surface area contributed by atoms with Gasteiger partial charge in [-0.3, -0.25) is 4.79 Å². The second-order valence-corrected chi connectivity index (χ2v) is 3.49. The predicted octanol–water partition coefficient (Wildman–Crippen LogP) is 0.982. The van der Waals surface area contributed by atoms with E-state index in [1.807, 2.05) is 0 Å². The largest absolute Gasteiger partial charge is 0.384 e. The summed E-state index contributed by atoms with van der Waals surface area (Å²) in [6, 6.07) is 1.53. The van der Waals surface area contributed by atoms with Crippen molar-refractivity contribution in [2.24, 2.45) is 5.92 Å². The van der Waals surface area contributed by atoms with Crippen LogP contribution in [0.25, 0.3) is 0 Å². The Kier molecular flexibility index (Phi) is 2.29. The lowest BCUT2D eigenvalue weighted by molar-refractivity contribution is 0.759. The lowest BCUT2D eigenvalue weighted by atomic mass is 10.3. The Balaban J connectivity index is 1.82. The van der Waals surface area contributed by atoms with Crippen molar-refractivity contribution < 1.29 is 0 Å². The molecule has 0 amide bonds. The van der Waals surface area contributed by atoms with Crippen molar-refractivity contribution in [3.8, 4) is 0 Å². The molecule has 1 heterocycles. The molecule has 2 N–H and O–H groups in total. The molecule has 0 aromatic carbocycles. The Morgan fingerprint density at radius 2 is 2.46 bits per heavy atom. The zero-order valence-corrected chi connectivity index (χ0v) is 7.42. The molecule has 0 radical (unpaired) electrons. The van der Waals surface area contributed by atoms with Crippen LogP contribution in [0, 0.1) is 5.92 Å². The topological polar surface area (TPSA) is 57.8 Å². The molecule has 0 aliphatic heterocycles. The van der Waals surface area contributed by atoms with Crippen LogP contribution < -0.4 is 10.9 Å². The average molecular weight is 179 g/mol. The van der Waals surface area contributed by atoms with Gasteiger partial charge in [0.2, 0.25) is 0 Å².